The molecule has 10 nitrogen and oxygen atoms in total. The van der Waals surface area contributed by atoms with E-state index in [4.69, 9.17) is 15.3 Å². The molecule has 1 rings (SSSR count). The molecule has 0 aliphatic carbocycles. The highest BCUT2D eigenvalue weighted by molar-refractivity contribution is 5.97. The van der Waals surface area contributed by atoms with E-state index in [1.54, 1.807) is 0 Å². The predicted molar refractivity (Wildman–Crippen MR) is 46.0 cm³/mol. The van der Waals surface area contributed by atoms with Gasteiger partial charge in [0.2, 0.25) is 5.76 Å². The van der Waals surface area contributed by atoms with Gasteiger partial charge in [-0.05, 0) is 0 Å². The maximum Gasteiger partial charge on any atom is 0.387 e. The Balaban J connectivity index is 3.07. The number of carbonyl (C=O) groups is 4. The van der Waals surface area contributed by atoms with Gasteiger partial charge < -0.3 is 20.1 Å². The van der Waals surface area contributed by atoms with Gasteiger partial charge in [0.05, 0.1) is 6.08 Å². The molecule has 0 saturated heterocycles. The minimum absolute atomic E-state index is 0.206. The van der Waals surface area contributed by atoms with Crippen molar-refractivity contribution in [2.45, 2.75) is 12.2 Å². The summed E-state index contributed by atoms with van der Waals surface area (Å²) in [5.74, 6) is -7.72. The maximum atomic E-state index is 11.1. The van der Waals surface area contributed by atoms with Gasteiger partial charge in [-0.25, -0.2) is 29.0 Å². The average molecular weight is 262 g/mol. The van der Waals surface area contributed by atoms with Crippen LogP contribution in [0.25, 0.3) is 0 Å². The van der Waals surface area contributed by atoms with Crippen molar-refractivity contribution in [1.82, 2.24) is 0 Å². The van der Waals surface area contributed by atoms with Crippen molar-refractivity contribution in [3.05, 3.63) is 11.8 Å². The van der Waals surface area contributed by atoms with Gasteiger partial charge in [0, 0.05) is 0 Å². The Hall–Kier alpha value is -2.46. The number of carboxylic acids is 1. The van der Waals surface area contributed by atoms with Crippen LogP contribution in [0, 0.1) is 0 Å². The van der Waals surface area contributed by atoms with Crippen LogP contribution in [-0.4, -0.2) is 51.4 Å². The van der Waals surface area contributed by atoms with Gasteiger partial charge in [-0.2, -0.15) is 0 Å². The van der Waals surface area contributed by atoms with E-state index in [1.807, 2.05) is 0 Å². The Labute approximate surface area is 97.9 Å². The predicted octanol–water partition coefficient (Wildman–Crippen LogP) is -2.77. The molecular weight excluding hydrogens is 256 g/mol. The molecule has 0 aromatic carbocycles. The Bertz CT molecular complexity index is 435. The summed E-state index contributed by atoms with van der Waals surface area (Å²) in [5.41, 5.74) is 0. The third-order valence-corrected chi connectivity index (χ3v) is 1.66. The van der Waals surface area contributed by atoms with E-state index in [9.17, 15) is 19.2 Å². The van der Waals surface area contributed by atoms with E-state index in [2.05, 4.69) is 14.5 Å². The van der Waals surface area contributed by atoms with Gasteiger partial charge >= 0.3 is 23.9 Å². The van der Waals surface area contributed by atoms with Gasteiger partial charge in [-0.1, -0.05) is 0 Å². The summed E-state index contributed by atoms with van der Waals surface area (Å²) in [4.78, 5) is 51.0. The Morgan fingerprint density at radius 1 is 1.06 bits per heavy atom. The number of rotatable bonds is 1. The molecule has 2 atom stereocenters. The molecule has 18 heavy (non-hydrogen) atoms. The van der Waals surface area contributed by atoms with E-state index in [1.165, 1.54) is 0 Å². The van der Waals surface area contributed by atoms with Crippen LogP contribution in [0.4, 0.5) is 0 Å². The molecule has 1 aliphatic heterocycles. The summed E-state index contributed by atoms with van der Waals surface area (Å²) in [6.45, 7) is 0. The third kappa shape index (κ3) is 3.02. The van der Waals surface area contributed by atoms with Crippen LogP contribution in [-0.2, 0) is 33.7 Å². The number of hydrogen-bond acceptors (Lipinski definition) is 9. The smallest absolute Gasteiger partial charge is 0.387 e. The normalized spacial score (nSPS) is 28.3. The first-order valence-corrected chi connectivity index (χ1v) is 4.28. The monoisotopic (exact) mass is 262 g/mol. The molecule has 10 heteroatoms. The molecule has 0 aromatic rings. The van der Waals surface area contributed by atoms with Crippen LogP contribution in [0.3, 0.4) is 0 Å². The summed E-state index contributed by atoms with van der Waals surface area (Å²) in [7, 11) is 0. The summed E-state index contributed by atoms with van der Waals surface area (Å²) >= 11 is 0. The molecule has 0 radical (unpaired) electrons. The van der Waals surface area contributed by atoms with Gasteiger partial charge in [0.15, 0.2) is 12.2 Å². The lowest BCUT2D eigenvalue weighted by molar-refractivity contribution is -0.263. The molecule has 0 bridgehead atoms. The van der Waals surface area contributed by atoms with Crippen LogP contribution in [0.5, 0.6) is 0 Å². The Morgan fingerprint density at radius 2 is 1.61 bits per heavy atom. The first kappa shape index (κ1) is 13.6. The fraction of sp³-hybridized carbons (Fsp3) is 0.250. The molecule has 0 aromatic heterocycles. The number of hydrogen-bond donors (Lipinski definition) is 3. The van der Waals surface area contributed by atoms with Crippen molar-refractivity contribution in [3.63, 3.8) is 0 Å². The van der Waals surface area contributed by atoms with Gasteiger partial charge in [0.1, 0.15) is 0 Å². The van der Waals surface area contributed by atoms with Gasteiger partial charge in [-0.3, -0.25) is 0 Å². The lowest BCUT2D eigenvalue weighted by Gasteiger charge is -2.15. The van der Waals surface area contributed by atoms with E-state index < -0.39 is 41.8 Å². The highest BCUT2D eigenvalue weighted by atomic mass is 17.2. The number of esters is 1. The molecule has 0 fully saturated rings. The molecule has 0 amide bonds. The van der Waals surface area contributed by atoms with Gasteiger partial charge in [0.25, 0.3) is 0 Å². The van der Waals surface area contributed by atoms with Crippen molar-refractivity contribution in [1.29, 1.82) is 0 Å². The van der Waals surface area contributed by atoms with Crippen molar-refractivity contribution in [3.8, 4) is 0 Å². The second kappa shape index (κ2) is 5.25. The second-order valence-electron chi connectivity index (χ2n) is 2.93. The molecule has 3 N–H and O–H groups in total. The highest BCUT2D eigenvalue weighted by Gasteiger charge is 2.36. The zero-order chi connectivity index (χ0) is 13.9. The number of aliphatic hydroxyl groups excluding tert-OH is 2. The maximum absolute atomic E-state index is 11.1. The van der Waals surface area contributed by atoms with E-state index in [-0.39, 0.29) is 6.08 Å². The third-order valence-electron chi connectivity index (χ3n) is 1.66. The fourth-order valence-electron chi connectivity index (χ4n) is 0.824. The SMILES string of the molecule is O=C1/C=C(\C(=O)O)OC(=O)C(O)C(O)C(=O)OO1. The Kier molecular flexibility index (Phi) is 3.97. The van der Waals surface area contributed by atoms with Gasteiger partial charge in [-0.15, -0.1) is 0 Å². The summed E-state index contributed by atoms with van der Waals surface area (Å²) in [5, 5.41) is 26.7. The zero-order valence-electron chi connectivity index (χ0n) is 8.43. The topological polar surface area (TPSA) is 157 Å². The van der Waals surface area contributed by atoms with Crippen LogP contribution in [0.15, 0.2) is 11.8 Å². The highest BCUT2D eigenvalue weighted by Crippen LogP contribution is 2.08. The summed E-state index contributed by atoms with van der Waals surface area (Å²) in [6, 6.07) is 0. The van der Waals surface area contributed by atoms with Crippen LogP contribution >= 0.6 is 0 Å². The molecular formula is C8H6O10. The fourth-order valence-corrected chi connectivity index (χ4v) is 0.824. The lowest BCUT2D eigenvalue weighted by atomic mass is 10.2. The van der Waals surface area contributed by atoms with Crippen LogP contribution < -0.4 is 0 Å². The van der Waals surface area contributed by atoms with Crippen molar-refractivity contribution < 1.29 is 49.0 Å². The van der Waals surface area contributed by atoms with E-state index in [0.29, 0.717) is 0 Å². The minimum atomic E-state index is -2.39. The minimum Gasteiger partial charge on any atom is -0.475 e. The molecule has 0 saturated carbocycles. The number of carbonyl (C=O) groups excluding carboxylic acids is 3. The number of carboxylic acid groups (broad SMARTS) is 1. The molecule has 1 heterocycles. The van der Waals surface area contributed by atoms with Crippen molar-refractivity contribution >= 4 is 23.9 Å². The zero-order valence-corrected chi connectivity index (χ0v) is 8.43. The van der Waals surface area contributed by atoms with Crippen molar-refractivity contribution in [2.75, 3.05) is 0 Å². The number of ether oxygens (including phenoxy) is 1. The van der Waals surface area contributed by atoms with Crippen LogP contribution in [0.1, 0.15) is 0 Å². The summed E-state index contributed by atoms with van der Waals surface area (Å²) in [6.07, 6.45) is -4.58. The first-order valence-electron chi connectivity index (χ1n) is 4.28. The second-order valence-corrected chi connectivity index (χ2v) is 2.93. The molecule has 0 spiro atoms. The first-order chi connectivity index (χ1) is 8.32. The summed E-state index contributed by atoms with van der Waals surface area (Å²) < 4.78 is 4.09. The largest absolute Gasteiger partial charge is 0.475 e. The molecule has 1 aliphatic rings. The quantitative estimate of drug-likeness (QED) is 0.334. The van der Waals surface area contributed by atoms with E-state index in [0.717, 1.165) is 0 Å². The Morgan fingerprint density at radius 3 is 2.17 bits per heavy atom. The number of aliphatic hydroxyl groups is 2. The number of aliphatic carboxylic acids is 1. The lowest BCUT2D eigenvalue weighted by Crippen LogP contribution is -2.42. The molecule has 2 unspecified atom stereocenters. The van der Waals surface area contributed by atoms with Crippen molar-refractivity contribution in [2.24, 2.45) is 0 Å². The van der Waals surface area contributed by atoms with E-state index >= 15 is 0 Å². The number of cyclic esters (lactones) is 1. The van der Waals surface area contributed by atoms with Crippen LogP contribution in [0.2, 0.25) is 0 Å². The molecule has 98 valence electrons. The standard InChI is InChI=1S/C8H6O10/c9-3-1-2(6(12)13)16-7(14)4(10)5(11)8(15)18-17-3/h1,4-5,10-11H,(H,12,13)/b2-1+. The average Bonchev–Trinajstić information content (AvgIpc) is 2.31.